The number of anilines is 1. The van der Waals surface area contributed by atoms with Gasteiger partial charge in [0.15, 0.2) is 5.58 Å². The zero-order valence-electron chi connectivity index (χ0n) is 19.9. The number of piperazine rings is 1. The van der Waals surface area contributed by atoms with E-state index in [0.717, 1.165) is 12.1 Å². The standard InChI is InChI=1S/C26H23F3N4O4/c1-17-12-22-24(37-17)15-23(32(22)16-18-4-2-7-21(13-18)33(35)36)25(34)31-10-8-30(9-11-31)20-6-3-5-19(14-20)26(27,28)29/h2-7,12-15H,8-11,16H2,1H3. The highest BCUT2D eigenvalue weighted by molar-refractivity contribution is 5.98. The minimum absolute atomic E-state index is 0.0390. The molecule has 2 aromatic carbocycles. The van der Waals surface area contributed by atoms with Gasteiger partial charge in [0.2, 0.25) is 0 Å². The van der Waals surface area contributed by atoms with Gasteiger partial charge in [0, 0.05) is 62.7 Å². The number of benzene rings is 2. The van der Waals surface area contributed by atoms with Gasteiger partial charge in [-0.3, -0.25) is 14.9 Å². The number of carbonyl (C=O) groups is 1. The highest BCUT2D eigenvalue weighted by Gasteiger charge is 2.32. The van der Waals surface area contributed by atoms with Gasteiger partial charge in [0.1, 0.15) is 11.5 Å². The number of fused-ring (bicyclic) bond motifs is 1. The molecular weight excluding hydrogens is 489 g/mol. The number of rotatable bonds is 5. The number of nitro benzene ring substituents is 1. The Morgan fingerprint density at radius 1 is 1.03 bits per heavy atom. The van der Waals surface area contributed by atoms with Gasteiger partial charge in [0.25, 0.3) is 11.6 Å². The fourth-order valence-corrected chi connectivity index (χ4v) is 4.67. The number of furan rings is 1. The maximum absolute atomic E-state index is 13.6. The van der Waals surface area contributed by atoms with Crippen molar-refractivity contribution in [1.29, 1.82) is 0 Å². The minimum atomic E-state index is -4.42. The van der Waals surface area contributed by atoms with E-state index in [1.54, 1.807) is 40.7 Å². The lowest BCUT2D eigenvalue weighted by Crippen LogP contribution is -2.49. The van der Waals surface area contributed by atoms with Crippen LogP contribution in [0.2, 0.25) is 0 Å². The number of hydrogen-bond acceptors (Lipinski definition) is 5. The van der Waals surface area contributed by atoms with E-state index in [4.69, 9.17) is 4.42 Å². The fraction of sp³-hybridized carbons (Fsp3) is 0.269. The number of aryl methyl sites for hydroxylation is 1. The van der Waals surface area contributed by atoms with E-state index in [-0.39, 0.29) is 18.1 Å². The molecule has 0 saturated carbocycles. The summed E-state index contributed by atoms with van der Waals surface area (Å²) in [5.74, 6) is 0.435. The Kier molecular flexibility index (Phi) is 6.14. The van der Waals surface area contributed by atoms with Crippen molar-refractivity contribution >= 4 is 28.4 Å². The molecule has 0 spiro atoms. The molecule has 0 unspecified atom stereocenters. The van der Waals surface area contributed by atoms with Gasteiger partial charge in [-0.25, -0.2) is 0 Å². The van der Waals surface area contributed by atoms with E-state index >= 15 is 0 Å². The third kappa shape index (κ3) is 4.89. The zero-order valence-corrected chi connectivity index (χ0v) is 19.9. The van der Waals surface area contributed by atoms with Crippen molar-refractivity contribution in [1.82, 2.24) is 9.47 Å². The second kappa shape index (κ2) is 9.30. The van der Waals surface area contributed by atoms with Crippen LogP contribution in [0, 0.1) is 17.0 Å². The molecule has 1 fully saturated rings. The number of nitro groups is 1. The lowest BCUT2D eigenvalue weighted by atomic mass is 10.1. The molecule has 8 nitrogen and oxygen atoms in total. The molecule has 0 N–H and O–H groups in total. The van der Waals surface area contributed by atoms with Crippen molar-refractivity contribution in [2.75, 3.05) is 31.1 Å². The van der Waals surface area contributed by atoms with Crippen LogP contribution in [0.25, 0.3) is 11.1 Å². The van der Waals surface area contributed by atoms with Gasteiger partial charge in [0.05, 0.1) is 16.0 Å². The molecule has 4 aromatic rings. The lowest BCUT2D eigenvalue weighted by molar-refractivity contribution is -0.384. The predicted molar refractivity (Wildman–Crippen MR) is 131 cm³/mol. The van der Waals surface area contributed by atoms with Crippen LogP contribution < -0.4 is 4.90 Å². The molecule has 192 valence electrons. The summed E-state index contributed by atoms with van der Waals surface area (Å²) in [6.07, 6.45) is -4.42. The van der Waals surface area contributed by atoms with Crippen molar-refractivity contribution in [2.24, 2.45) is 0 Å². The van der Waals surface area contributed by atoms with Crippen LogP contribution in [0.4, 0.5) is 24.5 Å². The summed E-state index contributed by atoms with van der Waals surface area (Å²) in [5.41, 5.74) is 2.00. The first-order valence-electron chi connectivity index (χ1n) is 11.6. The van der Waals surface area contributed by atoms with Crippen molar-refractivity contribution in [3.8, 4) is 0 Å². The molecule has 0 radical (unpaired) electrons. The van der Waals surface area contributed by atoms with Crippen LogP contribution in [-0.2, 0) is 12.7 Å². The van der Waals surface area contributed by atoms with Crippen molar-refractivity contribution in [3.63, 3.8) is 0 Å². The Labute approximate surface area is 209 Å². The molecule has 1 amide bonds. The zero-order chi connectivity index (χ0) is 26.3. The molecule has 1 saturated heterocycles. The number of amides is 1. The van der Waals surface area contributed by atoms with Crippen molar-refractivity contribution in [3.05, 3.63) is 93.4 Å². The molecular formula is C26H23F3N4O4. The Balaban J connectivity index is 1.37. The number of non-ortho nitro benzene ring substituents is 1. The highest BCUT2D eigenvalue weighted by Crippen LogP contribution is 2.32. The summed E-state index contributed by atoms with van der Waals surface area (Å²) in [7, 11) is 0. The van der Waals surface area contributed by atoms with Crippen LogP contribution in [-0.4, -0.2) is 46.5 Å². The first kappa shape index (κ1) is 24.4. The monoisotopic (exact) mass is 512 g/mol. The minimum Gasteiger partial charge on any atom is -0.460 e. The molecule has 2 aromatic heterocycles. The van der Waals surface area contributed by atoms with E-state index in [0.29, 0.717) is 60.0 Å². The molecule has 0 bridgehead atoms. The van der Waals surface area contributed by atoms with Crippen LogP contribution in [0.5, 0.6) is 0 Å². The molecule has 0 atom stereocenters. The molecule has 11 heteroatoms. The second-order valence-electron chi connectivity index (χ2n) is 8.98. The van der Waals surface area contributed by atoms with Gasteiger partial charge in [-0.1, -0.05) is 18.2 Å². The maximum Gasteiger partial charge on any atom is 0.416 e. The Morgan fingerprint density at radius 2 is 1.76 bits per heavy atom. The van der Waals surface area contributed by atoms with E-state index < -0.39 is 16.7 Å². The Hall–Kier alpha value is -4.28. The van der Waals surface area contributed by atoms with Gasteiger partial charge in [-0.15, -0.1) is 0 Å². The molecule has 1 aliphatic rings. The summed E-state index contributed by atoms with van der Waals surface area (Å²) < 4.78 is 46.9. The fourth-order valence-electron chi connectivity index (χ4n) is 4.67. The first-order chi connectivity index (χ1) is 17.6. The summed E-state index contributed by atoms with van der Waals surface area (Å²) >= 11 is 0. The summed E-state index contributed by atoms with van der Waals surface area (Å²) in [6, 6.07) is 14.9. The van der Waals surface area contributed by atoms with Crippen LogP contribution in [0.3, 0.4) is 0 Å². The molecule has 5 rings (SSSR count). The average Bonchev–Trinajstić information content (AvgIpc) is 3.40. The SMILES string of the molecule is Cc1cc2c(cc(C(=O)N3CCN(c4cccc(C(F)(F)F)c4)CC3)n2Cc2cccc([N+](=O)[O-])c2)o1. The highest BCUT2D eigenvalue weighted by atomic mass is 19.4. The molecule has 3 heterocycles. The third-order valence-corrected chi connectivity index (χ3v) is 6.50. The number of hydrogen-bond donors (Lipinski definition) is 0. The van der Waals surface area contributed by atoms with Gasteiger partial charge >= 0.3 is 6.18 Å². The van der Waals surface area contributed by atoms with Gasteiger partial charge < -0.3 is 18.8 Å². The van der Waals surface area contributed by atoms with E-state index in [2.05, 4.69) is 0 Å². The van der Waals surface area contributed by atoms with Crippen LogP contribution in [0.15, 0.2) is 65.1 Å². The van der Waals surface area contributed by atoms with Crippen LogP contribution in [0.1, 0.15) is 27.4 Å². The molecule has 0 aliphatic carbocycles. The van der Waals surface area contributed by atoms with E-state index in [1.807, 2.05) is 11.0 Å². The quantitative estimate of drug-likeness (QED) is 0.261. The van der Waals surface area contributed by atoms with Crippen LogP contribution >= 0.6 is 0 Å². The Morgan fingerprint density at radius 3 is 2.46 bits per heavy atom. The van der Waals surface area contributed by atoms with E-state index in [1.165, 1.54) is 18.2 Å². The third-order valence-electron chi connectivity index (χ3n) is 6.50. The summed E-state index contributed by atoms with van der Waals surface area (Å²) in [6.45, 7) is 3.46. The second-order valence-corrected chi connectivity index (χ2v) is 8.98. The van der Waals surface area contributed by atoms with Gasteiger partial charge in [-0.05, 0) is 30.7 Å². The summed E-state index contributed by atoms with van der Waals surface area (Å²) in [4.78, 5) is 27.8. The number of alkyl halides is 3. The van der Waals surface area contributed by atoms with Crippen molar-refractivity contribution in [2.45, 2.75) is 19.6 Å². The lowest BCUT2D eigenvalue weighted by Gasteiger charge is -2.36. The molecule has 1 aliphatic heterocycles. The van der Waals surface area contributed by atoms with Crippen molar-refractivity contribution < 1.29 is 27.3 Å². The molecule has 37 heavy (non-hydrogen) atoms. The summed E-state index contributed by atoms with van der Waals surface area (Å²) in [5, 5.41) is 11.2. The van der Waals surface area contributed by atoms with E-state index in [9.17, 15) is 28.1 Å². The smallest absolute Gasteiger partial charge is 0.416 e. The largest absolute Gasteiger partial charge is 0.460 e. The number of nitrogens with zero attached hydrogens (tertiary/aromatic N) is 4. The average molecular weight is 512 g/mol. The first-order valence-corrected chi connectivity index (χ1v) is 11.6. The number of aromatic nitrogens is 1. The topological polar surface area (TPSA) is 84.8 Å². The predicted octanol–water partition coefficient (Wildman–Crippen LogP) is 5.48. The Bertz CT molecular complexity index is 1480. The maximum atomic E-state index is 13.6. The normalized spacial score (nSPS) is 14.4. The number of carbonyl (C=O) groups excluding carboxylic acids is 1. The van der Waals surface area contributed by atoms with Gasteiger partial charge in [-0.2, -0.15) is 13.2 Å². The number of halogens is 3.